The van der Waals surface area contributed by atoms with E-state index in [1.807, 2.05) is 29.9 Å². The summed E-state index contributed by atoms with van der Waals surface area (Å²) in [6.45, 7) is 5.51. The second-order valence-electron chi connectivity index (χ2n) is 7.37. The van der Waals surface area contributed by atoms with E-state index in [1.54, 1.807) is 18.1 Å². The van der Waals surface area contributed by atoms with Crippen LogP contribution in [-0.2, 0) is 23.1 Å². The molecule has 7 heteroatoms. The zero-order valence-corrected chi connectivity index (χ0v) is 17.2. The Hall–Kier alpha value is -2.28. The molecule has 156 valence electrons. The Balaban J connectivity index is 2.00. The van der Waals surface area contributed by atoms with E-state index in [4.69, 9.17) is 4.74 Å². The molecule has 7 nitrogen and oxygen atoms in total. The number of nitrogens with zero attached hydrogens (tertiary/aromatic N) is 3. The van der Waals surface area contributed by atoms with Gasteiger partial charge in [0.05, 0.1) is 13.2 Å². The van der Waals surface area contributed by atoms with Crippen LogP contribution in [0.1, 0.15) is 37.8 Å². The molecule has 1 aromatic heterocycles. The van der Waals surface area contributed by atoms with E-state index in [0.29, 0.717) is 26.2 Å². The lowest BCUT2D eigenvalue weighted by molar-refractivity contribution is -0.133. The fourth-order valence-electron chi connectivity index (χ4n) is 3.50. The molecular formula is C21H34N4O3. The predicted octanol–water partition coefficient (Wildman–Crippen LogP) is 2.53. The van der Waals surface area contributed by atoms with Crippen LogP contribution in [0.2, 0.25) is 0 Å². The maximum Gasteiger partial charge on any atom is 0.318 e. The molecule has 0 aliphatic heterocycles. The van der Waals surface area contributed by atoms with Gasteiger partial charge in [0, 0.05) is 45.2 Å². The van der Waals surface area contributed by atoms with Crippen molar-refractivity contribution in [1.29, 1.82) is 0 Å². The van der Waals surface area contributed by atoms with Crippen LogP contribution in [0.25, 0.3) is 0 Å². The molecule has 1 aliphatic carbocycles. The quantitative estimate of drug-likeness (QED) is 0.624. The second-order valence-corrected chi connectivity index (χ2v) is 7.37. The van der Waals surface area contributed by atoms with Gasteiger partial charge in [0.2, 0.25) is 5.91 Å². The number of aromatic nitrogens is 1. The summed E-state index contributed by atoms with van der Waals surface area (Å²) in [7, 11) is 3.57. The van der Waals surface area contributed by atoms with Gasteiger partial charge in [-0.3, -0.25) is 4.79 Å². The molecule has 0 aromatic carbocycles. The fraction of sp³-hybridized carbons (Fsp3) is 0.619. The second kappa shape index (κ2) is 11.5. The minimum atomic E-state index is -0.189. The van der Waals surface area contributed by atoms with Crippen LogP contribution in [-0.4, -0.2) is 65.7 Å². The third-order valence-electron chi connectivity index (χ3n) is 5.22. The van der Waals surface area contributed by atoms with E-state index in [-0.39, 0.29) is 24.5 Å². The first-order chi connectivity index (χ1) is 13.5. The fourth-order valence-corrected chi connectivity index (χ4v) is 3.50. The highest BCUT2D eigenvalue weighted by molar-refractivity contribution is 5.84. The van der Waals surface area contributed by atoms with E-state index in [2.05, 4.69) is 11.9 Å². The first kappa shape index (κ1) is 22.0. The van der Waals surface area contributed by atoms with Gasteiger partial charge in [0.15, 0.2) is 0 Å². The Morgan fingerprint density at radius 2 is 2.07 bits per heavy atom. The van der Waals surface area contributed by atoms with Gasteiger partial charge < -0.3 is 24.4 Å². The first-order valence-electron chi connectivity index (χ1n) is 10.1. The molecule has 3 amide bonds. The molecule has 0 radical (unpaired) electrons. The normalized spacial score (nSPS) is 14.5. The van der Waals surface area contributed by atoms with Gasteiger partial charge in [0.1, 0.15) is 6.54 Å². The van der Waals surface area contributed by atoms with E-state index in [1.165, 1.54) is 11.3 Å². The van der Waals surface area contributed by atoms with Crippen molar-refractivity contribution in [2.75, 3.05) is 33.4 Å². The lowest BCUT2D eigenvalue weighted by Crippen LogP contribution is -2.50. The number of rotatable bonds is 10. The largest absolute Gasteiger partial charge is 0.383 e. The van der Waals surface area contributed by atoms with Crippen molar-refractivity contribution in [2.45, 2.75) is 44.7 Å². The van der Waals surface area contributed by atoms with Crippen molar-refractivity contribution < 1.29 is 14.3 Å². The zero-order chi connectivity index (χ0) is 20.4. The monoisotopic (exact) mass is 390 g/mol. The maximum absolute atomic E-state index is 13.0. The Kier molecular flexibility index (Phi) is 9.07. The van der Waals surface area contributed by atoms with Gasteiger partial charge in [-0.1, -0.05) is 25.3 Å². The molecule has 28 heavy (non-hydrogen) atoms. The highest BCUT2D eigenvalue weighted by Crippen LogP contribution is 2.17. The molecule has 1 saturated carbocycles. The van der Waals surface area contributed by atoms with Gasteiger partial charge in [-0.25, -0.2) is 4.79 Å². The number of nitrogens with one attached hydrogen (secondary N) is 1. The third kappa shape index (κ3) is 6.71. The van der Waals surface area contributed by atoms with Gasteiger partial charge in [-0.05, 0) is 25.0 Å². The van der Waals surface area contributed by atoms with Gasteiger partial charge >= 0.3 is 6.03 Å². The number of hydrogen-bond acceptors (Lipinski definition) is 3. The minimum Gasteiger partial charge on any atom is -0.383 e. The van der Waals surface area contributed by atoms with Crippen LogP contribution in [0.15, 0.2) is 31.0 Å². The molecule has 2 rings (SSSR count). The van der Waals surface area contributed by atoms with Gasteiger partial charge in [-0.2, -0.15) is 0 Å². The Labute approximate surface area is 168 Å². The highest BCUT2D eigenvalue weighted by Gasteiger charge is 2.23. The van der Waals surface area contributed by atoms with Crippen LogP contribution < -0.4 is 5.32 Å². The average Bonchev–Trinajstić information content (AvgIpc) is 3.10. The summed E-state index contributed by atoms with van der Waals surface area (Å²) in [5, 5.41) is 3.09. The topological polar surface area (TPSA) is 66.8 Å². The van der Waals surface area contributed by atoms with Crippen LogP contribution in [0.4, 0.5) is 4.79 Å². The summed E-state index contributed by atoms with van der Waals surface area (Å²) in [5.41, 5.74) is 1.03. The van der Waals surface area contributed by atoms with Crippen molar-refractivity contribution in [1.82, 2.24) is 19.7 Å². The predicted molar refractivity (Wildman–Crippen MR) is 110 cm³/mol. The Morgan fingerprint density at radius 3 is 2.68 bits per heavy atom. The van der Waals surface area contributed by atoms with Crippen LogP contribution in [0.3, 0.4) is 0 Å². The standard InChI is InChI=1S/C21H34N4O3/c1-4-12-25(21(27)22-18-9-6-5-7-10-18)17-20(26)24(14-15-28-3)16-19-11-8-13-23(19)2/h4,8,11,13,18H,1,5-7,9-10,12,14-17H2,2-3H3,(H,22,27). The van der Waals surface area contributed by atoms with Crippen LogP contribution in [0, 0.1) is 0 Å². The molecule has 0 saturated heterocycles. The van der Waals surface area contributed by atoms with E-state index >= 15 is 0 Å². The first-order valence-corrected chi connectivity index (χ1v) is 10.1. The van der Waals surface area contributed by atoms with Crippen molar-refractivity contribution >= 4 is 11.9 Å². The maximum atomic E-state index is 13.0. The number of amides is 3. The molecule has 0 atom stereocenters. The lowest BCUT2D eigenvalue weighted by Gasteiger charge is -2.30. The minimum absolute atomic E-state index is 0.0265. The molecular weight excluding hydrogens is 356 g/mol. The lowest BCUT2D eigenvalue weighted by atomic mass is 9.96. The molecule has 0 unspecified atom stereocenters. The number of aryl methyl sites for hydroxylation is 1. The molecule has 1 fully saturated rings. The van der Waals surface area contributed by atoms with Crippen molar-refractivity contribution in [2.24, 2.45) is 7.05 Å². The Morgan fingerprint density at radius 1 is 1.32 bits per heavy atom. The SMILES string of the molecule is C=CCN(CC(=O)N(CCOC)Cc1cccn1C)C(=O)NC1CCCCC1. The molecule has 1 N–H and O–H groups in total. The number of urea groups is 1. The highest BCUT2D eigenvalue weighted by atomic mass is 16.5. The van der Waals surface area contributed by atoms with E-state index < -0.39 is 0 Å². The van der Waals surface area contributed by atoms with Crippen LogP contribution >= 0.6 is 0 Å². The third-order valence-corrected chi connectivity index (χ3v) is 5.22. The zero-order valence-electron chi connectivity index (χ0n) is 17.2. The molecule has 1 aromatic rings. The summed E-state index contributed by atoms with van der Waals surface area (Å²) >= 11 is 0. The van der Waals surface area contributed by atoms with Crippen molar-refractivity contribution in [3.8, 4) is 0 Å². The summed E-state index contributed by atoms with van der Waals surface area (Å²) in [6.07, 6.45) is 9.15. The number of carbonyl (C=O) groups is 2. The number of ether oxygens (including phenoxy) is 1. The smallest absolute Gasteiger partial charge is 0.318 e. The van der Waals surface area contributed by atoms with Crippen molar-refractivity contribution in [3.05, 3.63) is 36.7 Å². The van der Waals surface area contributed by atoms with Crippen molar-refractivity contribution in [3.63, 3.8) is 0 Å². The summed E-state index contributed by atoms with van der Waals surface area (Å²) < 4.78 is 7.15. The number of methoxy groups -OCH3 is 1. The van der Waals surface area contributed by atoms with E-state index in [0.717, 1.165) is 31.4 Å². The summed E-state index contributed by atoms with van der Waals surface area (Å²) in [6, 6.07) is 3.96. The van der Waals surface area contributed by atoms with Gasteiger partial charge in [-0.15, -0.1) is 6.58 Å². The molecule has 1 aliphatic rings. The van der Waals surface area contributed by atoms with E-state index in [9.17, 15) is 9.59 Å². The molecule has 0 bridgehead atoms. The number of carbonyl (C=O) groups excluding carboxylic acids is 2. The summed E-state index contributed by atoms with van der Waals surface area (Å²) in [4.78, 5) is 29.0. The molecule has 0 spiro atoms. The Bertz CT molecular complexity index is 637. The average molecular weight is 391 g/mol. The van der Waals surface area contributed by atoms with Crippen LogP contribution in [0.5, 0.6) is 0 Å². The number of hydrogen-bond donors (Lipinski definition) is 1. The summed E-state index contributed by atoms with van der Waals surface area (Å²) in [5.74, 6) is -0.0982. The van der Waals surface area contributed by atoms with Gasteiger partial charge in [0.25, 0.3) is 0 Å². The molecule has 1 heterocycles.